The lowest BCUT2D eigenvalue weighted by atomic mass is 10.2. The number of ether oxygens (including phenoxy) is 1. The van der Waals surface area contributed by atoms with Crippen molar-refractivity contribution in [3.63, 3.8) is 0 Å². The van der Waals surface area contributed by atoms with Crippen molar-refractivity contribution in [2.24, 2.45) is 0 Å². The van der Waals surface area contributed by atoms with Crippen LogP contribution in [0.15, 0.2) is 35.2 Å². The third kappa shape index (κ3) is 5.24. The van der Waals surface area contributed by atoms with Crippen LogP contribution < -0.4 is 5.73 Å². The molecule has 0 bridgehead atoms. The lowest BCUT2D eigenvalue weighted by Gasteiger charge is -2.29. The maximum absolute atomic E-state index is 12.9. The molecule has 2 aromatic rings. The van der Waals surface area contributed by atoms with Crippen molar-refractivity contribution >= 4 is 23.5 Å². The maximum atomic E-state index is 12.9. The number of carbonyl (C=O) groups excluding carboxylic acids is 1. The molecule has 0 spiro atoms. The van der Waals surface area contributed by atoms with Crippen LogP contribution in [0.2, 0.25) is 0 Å². The SMILES string of the molecule is COCC(C)N(Cc1ccc(SC)cc1)C(=O)Cn1nc(C)cc1N. The summed E-state index contributed by atoms with van der Waals surface area (Å²) in [5.74, 6) is 0.461. The zero-order chi connectivity index (χ0) is 18.4. The van der Waals surface area contributed by atoms with Crippen molar-refractivity contribution in [2.45, 2.75) is 37.9 Å². The average Bonchev–Trinajstić information content (AvgIpc) is 2.90. The Morgan fingerprint density at radius 1 is 1.40 bits per heavy atom. The van der Waals surface area contributed by atoms with Gasteiger partial charge in [0.25, 0.3) is 0 Å². The van der Waals surface area contributed by atoms with Crippen molar-refractivity contribution in [1.82, 2.24) is 14.7 Å². The molecule has 0 fully saturated rings. The molecule has 0 aliphatic carbocycles. The van der Waals surface area contributed by atoms with Gasteiger partial charge in [0.2, 0.25) is 5.91 Å². The van der Waals surface area contributed by atoms with Crippen LogP contribution in [0.4, 0.5) is 5.82 Å². The fraction of sp³-hybridized carbons (Fsp3) is 0.444. The first-order valence-electron chi connectivity index (χ1n) is 8.15. The Morgan fingerprint density at radius 3 is 2.60 bits per heavy atom. The summed E-state index contributed by atoms with van der Waals surface area (Å²) < 4.78 is 6.79. The van der Waals surface area contributed by atoms with E-state index < -0.39 is 0 Å². The van der Waals surface area contributed by atoms with Gasteiger partial charge in [-0.15, -0.1) is 11.8 Å². The molecule has 1 atom stereocenters. The normalized spacial score (nSPS) is 12.2. The van der Waals surface area contributed by atoms with Gasteiger partial charge < -0.3 is 15.4 Å². The predicted molar refractivity (Wildman–Crippen MR) is 101 cm³/mol. The third-order valence-electron chi connectivity index (χ3n) is 3.99. The van der Waals surface area contributed by atoms with E-state index in [1.54, 1.807) is 29.6 Å². The highest BCUT2D eigenvalue weighted by Gasteiger charge is 2.21. The Morgan fingerprint density at radius 2 is 2.08 bits per heavy atom. The van der Waals surface area contributed by atoms with Gasteiger partial charge in [-0.2, -0.15) is 5.10 Å². The van der Waals surface area contributed by atoms with E-state index in [1.165, 1.54) is 4.90 Å². The summed E-state index contributed by atoms with van der Waals surface area (Å²) in [4.78, 5) is 15.9. The van der Waals surface area contributed by atoms with Gasteiger partial charge in [0.05, 0.1) is 18.3 Å². The Kier molecular flexibility index (Phi) is 6.90. The second-order valence-corrected chi connectivity index (χ2v) is 6.92. The van der Waals surface area contributed by atoms with E-state index in [1.807, 2.05) is 25.0 Å². The van der Waals surface area contributed by atoms with Gasteiger partial charge in [-0.3, -0.25) is 4.79 Å². The quantitative estimate of drug-likeness (QED) is 0.731. The first-order chi connectivity index (χ1) is 11.9. The fourth-order valence-corrected chi connectivity index (χ4v) is 3.07. The molecule has 1 aromatic heterocycles. The second-order valence-electron chi connectivity index (χ2n) is 6.04. The Balaban J connectivity index is 2.16. The minimum atomic E-state index is -0.0457. The van der Waals surface area contributed by atoms with Gasteiger partial charge in [0, 0.05) is 24.6 Å². The zero-order valence-electron chi connectivity index (χ0n) is 15.2. The van der Waals surface area contributed by atoms with Crippen molar-refractivity contribution < 1.29 is 9.53 Å². The first-order valence-corrected chi connectivity index (χ1v) is 9.38. The number of amides is 1. The van der Waals surface area contributed by atoms with E-state index in [4.69, 9.17) is 10.5 Å². The molecule has 136 valence electrons. The molecule has 0 saturated heterocycles. The molecule has 25 heavy (non-hydrogen) atoms. The van der Waals surface area contributed by atoms with Gasteiger partial charge >= 0.3 is 0 Å². The number of methoxy groups -OCH3 is 1. The largest absolute Gasteiger partial charge is 0.384 e. The van der Waals surface area contributed by atoms with Crippen molar-refractivity contribution in [2.75, 3.05) is 25.7 Å². The number of anilines is 1. The van der Waals surface area contributed by atoms with Crippen molar-refractivity contribution in [3.05, 3.63) is 41.6 Å². The van der Waals surface area contributed by atoms with Crippen LogP contribution >= 0.6 is 11.8 Å². The molecule has 0 aliphatic rings. The zero-order valence-corrected chi connectivity index (χ0v) is 16.0. The summed E-state index contributed by atoms with van der Waals surface area (Å²) in [6.45, 7) is 4.96. The van der Waals surface area contributed by atoms with E-state index in [2.05, 4.69) is 29.4 Å². The number of thioether (sulfide) groups is 1. The summed E-state index contributed by atoms with van der Waals surface area (Å²) in [5.41, 5.74) is 7.79. The number of carbonyl (C=O) groups is 1. The van der Waals surface area contributed by atoms with Crippen LogP contribution in [-0.2, 0) is 22.6 Å². The van der Waals surface area contributed by atoms with E-state index in [-0.39, 0.29) is 18.5 Å². The number of benzene rings is 1. The molecule has 1 amide bonds. The van der Waals surface area contributed by atoms with Crippen molar-refractivity contribution in [1.29, 1.82) is 0 Å². The fourth-order valence-electron chi connectivity index (χ4n) is 2.66. The molecule has 6 nitrogen and oxygen atoms in total. The number of aromatic nitrogens is 2. The maximum Gasteiger partial charge on any atom is 0.245 e. The number of nitrogen functional groups attached to an aromatic ring is 1. The number of hydrogen-bond donors (Lipinski definition) is 1. The van der Waals surface area contributed by atoms with Crippen LogP contribution in [0.25, 0.3) is 0 Å². The molecule has 0 saturated carbocycles. The minimum absolute atomic E-state index is 0.0340. The molecule has 7 heteroatoms. The average molecular weight is 362 g/mol. The van der Waals surface area contributed by atoms with E-state index in [0.29, 0.717) is 19.0 Å². The molecule has 0 radical (unpaired) electrons. The van der Waals surface area contributed by atoms with E-state index >= 15 is 0 Å². The summed E-state index contributed by atoms with van der Waals surface area (Å²) in [5, 5.41) is 4.28. The second kappa shape index (κ2) is 8.92. The highest BCUT2D eigenvalue weighted by Crippen LogP contribution is 2.17. The molecule has 1 aromatic carbocycles. The van der Waals surface area contributed by atoms with Gasteiger partial charge in [0.1, 0.15) is 12.4 Å². The lowest BCUT2D eigenvalue weighted by Crippen LogP contribution is -2.42. The molecule has 2 rings (SSSR count). The van der Waals surface area contributed by atoms with E-state index in [9.17, 15) is 4.79 Å². The molecule has 2 N–H and O–H groups in total. The van der Waals surface area contributed by atoms with Crippen LogP contribution in [-0.4, -0.2) is 46.6 Å². The molecular weight excluding hydrogens is 336 g/mol. The molecule has 1 unspecified atom stereocenters. The van der Waals surface area contributed by atoms with Gasteiger partial charge in [-0.1, -0.05) is 12.1 Å². The summed E-state index contributed by atoms with van der Waals surface area (Å²) in [7, 11) is 1.64. The number of hydrogen-bond acceptors (Lipinski definition) is 5. The van der Waals surface area contributed by atoms with Crippen molar-refractivity contribution in [3.8, 4) is 0 Å². The lowest BCUT2D eigenvalue weighted by molar-refractivity contribution is -0.135. The molecule has 0 aliphatic heterocycles. The number of aryl methyl sites for hydroxylation is 1. The van der Waals surface area contributed by atoms with Crippen LogP contribution in [0, 0.1) is 6.92 Å². The molecular formula is C18H26N4O2S. The predicted octanol–water partition coefficient (Wildman–Crippen LogP) is 2.56. The van der Waals surface area contributed by atoms with E-state index in [0.717, 1.165) is 11.3 Å². The first kappa shape index (κ1) is 19.3. The highest BCUT2D eigenvalue weighted by atomic mass is 32.2. The standard InChI is InChI=1S/C18H26N4O2S/c1-13-9-17(19)22(20-13)11-18(23)21(14(2)12-24-3)10-15-5-7-16(25-4)8-6-15/h5-9,14H,10-12,19H2,1-4H3. The summed E-state index contributed by atoms with van der Waals surface area (Å²) in [6, 6.07) is 9.96. The smallest absolute Gasteiger partial charge is 0.245 e. The van der Waals surface area contributed by atoms with Gasteiger partial charge in [0.15, 0.2) is 0 Å². The summed E-state index contributed by atoms with van der Waals surface area (Å²) >= 11 is 1.70. The highest BCUT2D eigenvalue weighted by molar-refractivity contribution is 7.98. The van der Waals surface area contributed by atoms with Gasteiger partial charge in [-0.25, -0.2) is 4.68 Å². The number of nitrogens with two attached hydrogens (primary N) is 1. The number of nitrogens with zero attached hydrogens (tertiary/aromatic N) is 3. The Hall–Kier alpha value is -1.99. The number of rotatable bonds is 8. The summed E-state index contributed by atoms with van der Waals surface area (Å²) in [6.07, 6.45) is 2.04. The van der Waals surface area contributed by atoms with Crippen LogP contribution in [0.5, 0.6) is 0 Å². The minimum Gasteiger partial charge on any atom is -0.384 e. The Bertz CT molecular complexity index is 700. The topological polar surface area (TPSA) is 73.4 Å². The van der Waals surface area contributed by atoms with Crippen LogP contribution in [0.1, 0.15) is 18.2 Å². The third-order valence-corrected chi connectivity index (χ3v) is 4.73. The van der Waals surface area contributed by atoms with Gasteiger partial charge in [-0.05, 0) is 37.8 Å². The van der Waals surface area contributed by atoms with Crippen LogP contribution in [0.3, 0.4) is 0 Å². The Labute approximate surface area is 153 Å². The molecule has 1 heterocycles. The monoisotopic (exact) mass is 362 g/mol.